The molecular formula is C10H17N3O4S. The van der Waals surface area contributed by atoms with E-state index in [1.807, 2.05) is 6.92 Å². The van der Waals surface area contributed by atoms with Crippen molar-refractivity contribution in [1.82, 2.24) is 10.6 Å². The van der Waals surface area contributed by atoms with Crippen LogP contribution < -0.4 is 15.8 Å². The lowest BCUT2D eigenvalue weighted by atomic mass is 10.3. The smallest absolute Gasteiger partial charge is 0.271 e. The van der Waals surface area contributed by atoms with E-state index in [1.165, 1.54) is 12.1 Å². The summed E-state index contributed by atoms with van der Waals surface area (Å²) in [6, 6.07) is 2.83. The molecule has 1 amide bonds. The Morgan fingerprint density at radius 1 is 1.44 bits per heavy atom. The number of carbonyl (C=O) groups is 1. The highest BCUT2D eigenvalue weighted by Gasteiger charge is 2.12. The molecule has 18 heavy (non-hydrogen) atoms. The zero-order valence-corrected chi connectivity index (χ0v) is 10.9. The van der Waals surface area contributed by atoms with Gasteiger partial charge in [0, 0.05) is 19.5 Å². The molecule has 0 aliphatic carbocycles. The van der Waals surface area contributed by atoms with Crippen LogP contribution in [0, 0.1) is 0 Å². The molecule has 0 saturated carbocycles. The minimum absolute atomic E-state index is 0.0327. The Morgan fingerprint density at radius 3 is 2.72 bits per heavy atom. The minimum Gasteiger partial charge on any atom is -0.447 e. The molecule has 0 spiro atoms. The lowest BCUT2D eigenvalue weighted by Crippen LogP contribution is -2.27. The highest BCUT2D eigenvalue weighted by atomic mass is 32.2. The molecule has 4 N–H and O–H groups in total. The van der Waals surface area contributed by atoms with Crippen molar-refractivity contribution in [2.75, 3.05) is 13.1 Å². The molecule has 8 heteroatoms. The fourth-order valence-electron chi connectivity index (χ4n) is 1.31. The molecule has 0 aromatic carbocycles. The number of nitrogens with one attached hydrogen (secondary N) is 2. The van der Waals surface area contributed by atoms with E-state index in [9.17, 15) is 13.2 Å². The Morgan fingerprint density at radius 2 is 2.17 bits per heavy atom. The van der Waals surface area contributed by atoms with Gasteiger partial charge in [-0.1, -0.05) is 0 Å². The molecule has 0 fully saturated rings. The van der Waals surface area contributed by atoms with Crippen LogP contribution in [-0.4, -0.2) is 27.4 Å². The van der Waals surface area contributed by atoms with Gasteiger partial charge in [0.25, 0.3) is 10.0 Å². The van der Waals surface area contributed by atoms with Crippen LogP contribution in [0.5, 0.6) is 0 Å². The second kappa shape index (κ2) is 6.53. The van der Waals surface area contributed by atoms with Gasteiger partial charge in [-0.25, -0.2) is 13.6 Å². The van der Waals surface area contributed by atoms with Crippen molar-refractivity contribution in [1.29, 1.82) is 0 Å². The van der Waals surface area contributed by atoms with Gasteiger partial charge in [-0.3, -0.25) is 4.79 Å². The number of amides is 1. The largest absolute Gasteiger partial charge is 0.447 e. The fraction of sp³-hybridized carbons (Fsp3) is 0.500. The van der Waals surface area contributed by atoms with Crippen molar-refractivity contribution < 1.29 is 17.6 Å². The quantitative estimate of drug-likeness (QED) is 0.583. The molecule has 1 rings (SSSR count). The van der Waals surface area contributed by atoms with Crippen molar-refractivity contribution in [2.45, 2.75) is 25.0 Å². The van der Waals surface area contributed by atoms with Gasteiger partial charge in [-0.05, 0) is 19.1 Å². The van der Waals surface area contributed by atoms with Gasteiger partial charge in [0.15, 0.2) is 0 Å². The monoisotopic (exact) mass is 275 g/mol. The number of nitrogens with two attached hydrogens (primary N) is 1. The number of hydrogen-bond donors (Lipinski definition) is 3. The van der Waals surface area contributed by atoms with Crippen LogP contribution in [0.4, 0.5) is 0 Å². The highest BCUT2D eigenvalue weighted by Crippen LogP contribution is 2.11. The number of rotatable bonds is 7. The summed E-state index contributed by atoms with van der Waals surface area (Å²) in [5.41, 5.74) is 0. The molecule has 7 nitrogen and oxygen atoms in total. The van der Waals surface area contributed by atoms with Gasteiger partial charge in [-0.2, -0.15) is 0 Å². The van der Waals surface area contributed by atoms with Crippen LogP contribution in [-0.2, 0) is 21.4 Å². The minimum atomic E-state index is -3.79. The van der Waals surface area contributed by atoms with Crippen molar-refractivity contribution in [3.05, 3.63) is 17.9 Å². The van der Waals surface area contributed by atoms with E-state index in [2.05, 4.69) is 10.6 Å². The summed E-state index contributed by atoms with van der Waals surface area (Å²) in [6.07, 6.45) is 0.358. The van der Waals surface area contributed by atoms with Crippen molar-refractivity contribution in [3.63, 3.8) is 0 Å². The fourth-order valence-corrected chi connectivity index (χ4v) is 1.79. The third-order valence-electron chi connectivity index (χ3n) is 2.12. The van der Waals surface area contributed by atoms with Crippen LogP contribution in [0.15, 0.2) is 21.6 Å². The maximum Gasteiger partial charge on any atom is 0.271 e. The average Bonchev–Trinajstić information content (AvgIpc) is 2.73. The summed E-state index contributed by atoms with van der Waals surface area (Å²) in [5, 5.41) is 10.3. The Balaban J connectivity index is 2.32. The molecule has 0 unspecified atom stereocenters. The number of furan rings is 1. The first kappa shape index (κ1) is 14.7. The standard InChI is InChI=1S/C10H17N3O4S/c1-2-13-9(14)5-6-12-7-8-3-4-10(17-8)18(11,15)16/h3-4,12H,2,5-7H2,1H3,(H,13,14)(H2,11,15,16). The first-order chi connectivity index (χ1) is 8.43. The Labute approximate surface area is 106 Å². The second-order valence-corrected chi connectivity index (χ2v) is 5.14. The Kier molecular flexibility index (Phi) is 5.32. The van der Waals surface area contributed by atoms with Gasteiger partial charge in [0.05, 0.1) is 6.54 Å². The van der Waals surface area contributed by atoms with Crippen LogP contribution in [0.25, 0.3) is 0 Å². The number of hydrogen-bond acceptors (Lipinski definition) is 5. The summed E-state index contributed by atoms with van der Waals surface area (Å²) in [5.74, 6) is 0.421. The van der Waals surface area contributed by atoms with E-state index in [0.717, 1.165) is 0 Å². The van der Waals surface area contributed by atoms with E-state index in [1.54, 1.807) is 0 Å². The molecule has 0 aliphatic heterocycles. The predicted octanol–water partition coefficient (Wildman–Crippen LogP) is -0.457. The summed E-state index contributed by atoms with van der Waals surface area (Å²) in [4.78, 5) is 11.1. The third kappa shape index (κ3) is 4.86. The molecule has 0 saturated heterocycles. The van der Waals surface area contributed by atoms with Gasteiger partial charge >= 0.3 is 0 Å². The van der Waals surface area contributed by atoms with E-state index in [4.69, 9.17) is 9.56 Å². The topological polar surface area (TPSA) is 114 Å². The Bertz CT molecular complexity index is 495. The first-order valence-corrected chi connectivity index (χ1v) is 7.07. The molecule has 0 radical (unpaired) electrons. The molecule has 1 heterocycles. The van der Waals surface area contributed by atoms with Crippen molar-refractivity contribution in [2.24, 2.45) is 5.14 Å². The van der Waals surface area contributed by atoms with Crippen molar-refractivity contribution in [3.8, 4) is 0 Å². The normalized spacial score (nSPS) is 11.4. The van der Waals surface area contributed by atoms with E-state index >= 15 is 0 Å². The second-order valence-electron chi connectivity index (χ2n) is 3.65. The van der Waals surface area contributed by atoms with E-state index in [0.29, 0.717) is 31.8 Å². The molecule has 0 aliphatic rings. The molecule has 0 bridgehead atoms. The lowest BCUT2D eigenvalue weighted by molar-refractivity contribution is -0.120. The van der Waals surface area contributed by atoms with Crippen LogP contribution in [0.1, 0.15) is 19.1 Å². The first-order valence-electron chi connectivity index (χ1n) is 5.52. The lowest BCUT2D eigenvalue weighted by Gasteiger charge is -2.03. The van der Waals surface area contributed by atoms with Gasteiger partial charge < -0.3 is 15.1 Å². The van der Waals surface area contributed by atoms with Gasteiger partial charge in [0.1, 0.15) is 5.76 Å². The van der Waals surface area contributed by atoms with Gasteiger partial charge in [0.2, 0.25) is 11.0 Å². The van der Waals surface area contributed by atoms with Crippen LogP contribution in [0.3, 0.4) is 0 Å². The van der Waals surface area contributed by atoms with Gasteiger partial charge in [-0.15, -0.1) is 0 Å². The molecule has 0 atom stereocenters. The number of carbonyl (C=O) groups excluding carboxylic acids is 1. The molecule has 1 aromatic heterocycles. The number of sulfonamides is 1. The van der Waals surface area contributed by atoms with E-state index < -0.39 is 10.0 Å². The molecule has 1 aromatic rings. The zero-order valence-electron chi connectivity index (χ0n) is 10.1. The summed E-state index contributed by atoms with van der Waals surface area (Å²) in [7, 11) is -3.79. The molecular weight excluding hydrogens is 258 g/mol. The maximum atomic E-state index is 11.1. The SMILES string of the molecule is CCNC(=O)CCNCc1ccc(S(N)(=O)=O)o1. The Hall–Kier alpha value is -1.38. The summed E-state index contributed by atoms with van der Waals surface area (Å²) < 4.78 is 26.9. The third-order valence-corrected chi connectivity index (χ3v) is 2.90. The molecule has 102 valence electrons. The van der Waals surface area contributed by atoms with Crippen LogP contribution in [0.2, 0.25) is 0 Å². The van der Waals surface area contributed by atoms with Crippen molar-refractivity contribution >= 4 is 15.9 Å². The number of primary sulfonamides is 1. The van der Waals surface area contributed by atoms with E-state index in [-0.39, 0.29) is 11.0 Å². The van der Waals surface area contributed by atoms with Crippen LogP contribution >= 0.6 is 0 Å². The zero-order chi connectivity index (χ0) is 13.6. The highest BCUT2D eigenvalue weighted by molar-refractivity contribution is 7.89. The summed E-state index contributed by atoms with van der Waals surface area (Å²) >= 11 is 0. The maximum absolute atomic E-state index is 11.1. The predicted molar refractivity (Wildman–Crippen MR) is 65.1 cm³/mol. The summed E-state index contributed by atoms with van der Waals surface area (Å²) in [6.45, 7) is 3.28. The average molecular weight is 275 g/mol.